The Morgan fingerprint density at radius 3 is 2.50 bits per heavy atom. The minimum atomic E-state index is -0.884. The van der Waals surface area contributed by atoms with E-state index in [1.807, 2.05) is 6.07 Å². The zero-order chi connectivity index (χ0) is 17.5. The lowest BCUT2D eigenvalue weighted by Gasteiger charge is -2.15. The molecular formula is C19H21F2NO2. The molecule has 2 atom stereocenters. The van der Waals surface area contributed by atoms with E-state index in [0.717, 1.165) is 5.56 Å². The number of hydrogen-bond donors (Lipinski definition) is 2. The molecule has 24 heavy (non-hydrogen) atoms. The summed E-state index contributed by atoms with van der Waals surface area (Å²) in [6.45, 7) is 1.85. The van der Waals surface area contributed by atoms with Crippen molar-refractivity contribution in [2.24, 2.45) is 5.92 Å². The van der Waals surface area contributed by atoms with Crippen LogP contribution >= 0.6 is 0 Å². The minimum absolute atomic E-state index is 0.0643. The van der Waals surface area contributed by atoms with Gasteiger partial charge in [-0.15, -0.1) is 0 Å². The Morgan fingerprint density at radius 1 is 1.12 bits per heavy atom. The number of halogens is 2. The van der Waals surface area contributed by atoms with Crippen molar-refractivity contribution in [3.05, 3.63) is 71.3 Å². The molecule has 2 rings (SSSR count). The third kappa shape index (κ3) is 5.42. The lowest BCUT2D eigenvalue weighted by molar-refractivity contribution is -0.125. The van der Waals surface area contributed by atoms with Gasteiger partial charge in [0.05, 0.1) is 6.10 Å². The summed E-state index contributed by atoms with van der Waals surface area (Å²) in [5, 5.41) is 12.7. The number of hydrogen-bond acceptors (Lipinski definition) is 2. The molecule has 0 aromatic heterocycles. The Bertz CT molecular complexity index is 673. The fourth-order valence-electron chi connectivity index (χ4n) is 2.38. The van der Waals surface area contributed by atoms with E-state index >= 15 is 0 Å². The largest absolute Gasteiger partial charge is 0.387 e. The maximum absolute atomic E-state index is 13.1. The highest BCUT2D eigenvalue weighted by Gasteiger charge is 2.15. The molecule has 0 radical (unpaired) electrons. The third-order valence-corrected chi connectivity index (χ3v) is 3.93. The van der Waals surface area contributed by atoms with Crippen LogP contribution in [0.5, 0.6) is 0 Å². The van der Waals surface area contributed by atoms with Gasteiger partial charge >= 0.3 is 0 Å². The Morgan fingerprint density at radius 2 is 1.83 bits per heavy atom. The number of benzene rings is 2. The first-order chi connectivity index (χ1) is 11.5. The Labute approximate surface area is 140 Å². The average molecular weight is 333 g/mol. The predicted molar refractivity (Wildman–Crippen MR) is 88.3 cm³/mol. The van der Waals surface area contributed by atoms with Gasteiger partial charge in [0.25, 0.3) is 0 Å². The van der Waals surface area contributed by atoms with Crippen LogP contribution in [0.3, 0.4) is 0 Å². The van der Waals surface area contributed by atoms with Crippen LogP contribution in [0.1, 0.15) is 30.6 Å². The maximum atomic E-state index is 13.1. The van der Waals surface area contributed by atoms with Crippen molar-refractivity contribution in [1.82, 2.24) is 5.32 Å². The normalized spacial score (nSPS) is 13.3. The highest BCUT2D eigenvalue weighted by molar-refractivity contribution is 5.78. The molecule has 2 aromatic rings. The quantitative estimate of drug-likeness (QED) is 0.816. The summed E-state index contributed by atoms with van der Waals surface area (Å²) in [5.74, 6) is -1.09. The summed E-state index contributed by atoms with van der Waals surface area (Å²) in [6.07, 6.45) is 0.305. The van der Waals surface area contributed by atoms with Crippen molar-refractivity contribution in [2.75, 3.05) is 6.54 Å². The van der Waals surface area contributed by atoms with Crippen molar-refractivity contribution >= 4 is 5.91 Å². The van der Waals surface area contributed by atoms with Crippen LogP contribution in [0, 0.1) is 17.6 Å². The number of aliphatic hydroxyl groups excluding tert-OH is 1. The van der Waals surface area contributed by atoms with Crippen LogP contribution in [0.15, 0.2) is 48.5 Å². The molecule has 2 N–H and O–H groups in total. The lowest BCUT2D eigenvalue weighted by Crippen LogP contribution is -2.33. The second kappa shape index (κ2) is 8.55. The van der Waals surface area contributed by atoms with Gasteiger partial charge in [-0.2, -0.15) is 0 Å². The lowest BCUT2D eigenvalue weighted by atomic mass is 10.00. The van der Waals surface area contributed by atoms with Crippen LogP contribution in [-0.2, 0) is 11.2 Å². The topological polar surface area (TPSA) is 49.3 Å². The second-order valence-corrected chi connectivity index (χ2v) is 5.88. The zero-order valence-corrected chi connectivity index (χ0v) is 13.5. The number of carbonyl (C=O) groups excluding carboxylic acids is 1. The van der Waals surface area contributed by atoms with Gasteiger partial charge in [-0.05, 0) is 48.2 Å². The minimum Gasteiger partial charge on any atom is -0.387 e. The van der Waals surface area contributed by atoms with E-state index in [2.05, 4.69) is 5.32 Å². The van der Waals surface area contributed by atoms with Crippen LogP contribution < -0.4 is 5.32 Å². The summed E-state index contributed by atoms with van der Waals surface area (Å²) in [5.41, 5.74) is 1.39. The van der Waals surface area contributed by atoms with Crippen molar-refractivity contribution in [1.29, 1.82) is 0 Å². The number of aryl methyl sites for hydroxylation is 1. The molecule has 0 spiro atoms. The number of aliphatic hydroxyl groups is 1. The van der Waals surface area contributed by atoms with Crippen molar-refractivity contribution in [3.63, 3.8) is 0 Å². The first kappa shape index (κ1) is 18.1. The van der Waals surface area contributed by atoms with Crippen molar-refractivity contribution in [2.45, 2.75) is 25.9 Å². The molecule has 0 saturated carbocycles. The van der Waals surface area contributed by atoms with E-state index in [0.29, 0.717) is 18.4 Å². The molecule has 0 heterocycles. The van der Waals surface area contributed by atoms with Gasteiger partial charge in [0.1, 0.15) is 11.6 Å². The van der Waals surface area contributed by atoms with E-state index in [1.54, 1.807) is 13.0 Å². The molecule has 0 saturated heterocycles. The van der Waals surface area contributed by atoms with E-state index < -0.39 is 6.10 Å². The Balaban J connectivity index is 1.77. The summed E-state index contributed by atoms with van der Waals surface area (Å²) in [4.78, 5) is 12.1. The van der Waals surface area contributed by atoms with Gasteiger partial charge in [-0.1, -0.05) is 31.2 Å². The molecular weight excluding hydrogens is 312 g/mol. The molecule has 0 aliphatic rings. The second-order valence-electron chi connectivity index (χ2n) is 5.88. The molecule has 0 bridgehead atoms. The summed E-state index contributed by atoms with van der Waals surface area (Å²) >= 11 is 0. The fourth-order valence-corrected chi connectivity index (χ4v) is 2.38. The average Bonchev–Trinajstić information content (AvgIpc) is 2.58. The fraction of sp³-hybridized carbons (Fsp3) is 0.316. The van der Waals surface area contributed by atoms with Crippen LogP contribution in [0.4, 0.5) is 8.78 Å². The van der Waals surface area contributed by atoms with E-state index in [-0.39, 0.29) is 30.0 Å². The predicted octanol–water partition coefficient (Wildman–Crippen LogP) is 3.38. The molecule has 3 nitrogen and oxygen atoms in total. The monoisotopic (exact) mass is 333 g/mol. The summed E-state index contributed by atoms with van der Waals surface area (Å²) < 4.78 is 26.0. The van der Waals surface area contributed by atoms with Crippen molar-refractivity contribution in [3.8, 4) is 0 Å². The molecule has 128 valence electrons. The zero-order valence-electron chi connectivity index (χ0n) is 13.5. The van der Waals surface area contributed by atoms with Gasteiger partial charge in [0.2, 0.25) is 5.91 Å². The van der Waals surface area contributed by atoms with Gasteiger partial charge < -0.3 is 10.4 Å². The number of nitrogens with one attached hydrogen (secondary N) is 1. The van der Waals surface area contributed by atoms with Crippen LogP contribution in [-0.4, -0.2) is 17.6 Å². The molecule has 1 amide bonds. The molecule has 0 aliphatic heterocycles. The van der Waals surface area contributed by atoms with E-state index in [9.17, 15) is 18.7 Å². The van der Waals surface area contributed by atoms with Crippen LogP contribution in [0.2, 0.25) is 0 Å². The van der Waals surface area contributed by atoms with Crippen molar-refractivity contribution < 1.29 is 18.7 Å². The highest BCUT2D eigenvalue weighted by Crippen LogP contribution is 2.14. The molecule has 2 aromatic carbocycles. The first-order valence-electron chi connectivity index (χ1n) is 7.91. The standard InChI is InChI=1S/C19H21F2NO2/c1-13(5-6-14-3-2-4-17(21)11-14)19(24)22-12-18(23)15-7-9-16(20)10-8-15/h2-4,7-11,13,18,23H,5-6,12H2,1H3,(H,22,24). The smallest absolute Gasteiger partial charge is 0.222 e. The van der Waals surface area contributed by atoms with E-state index in [4.69, 9.17) is 0 Å². The van der Waals surface area contributed by atoms with Gasteiger partial charge in [0, 0.05) is 12.5 Å². The van der Waals surface area contributed by atoms with Gasteiger partial charge in [-0.25, -0.2) is 8.78 Å². The molecule has 0 fully saturated rings. The first-order valence-corrected chi connectivity index (χ1v) is 7.91. The summed E-state index contributed by atoms with van der Waals surface area (Å²) in [6, 6.07) is 11.8. The number of rotatable bonds is 7. The number of amides is 1. The summed E-state index contributed by atoms with van der Waals surface area (Å²) in [7, 11) is 0. The Kier molecular flexibility index (Phi) is 6.44. The SMILES string of the molecule is CC(CCc1cccc(F)c1)C(=O)NCC(O)c1ccc(F)cc1. The third-order valence-electron chi connectivity index (χ3n) is 3.93. The molecule has 0 aliphatic carbocycles. The van der Waals surface area contributed by atoms with Gasteiger partial charge in [-0.3, -0.25) is 4.79 Å². The van der Waals surface area contributed by atoms with Gasteiger partial charge in [0.15, 0.2) is 0 Å². The number of carbonyl (C=O) groups is 1. The Hall–Kier alpha value is -2.27. The molecule has 5 heteroatoms. The highest BCUT2D eigenvalue weighted by atomic mass is 19.1. The van der Waals surface area contributed by atoms with Crippen LogP contribution in [0.25, 0.3) is 0 Å². The molecule has 2 unspecified atom stereocenters. The maximum Gasteiger partial charge on any atom is 0.222 e. The van der Waals surface area contributed by atoms with E-state index in [1.165, 1.54) is 36.4 Å².